The van der Waals surface area contributed by atoms with Gasteiger partial charge in [-0.3, -0.25) is 0 Å². The molecular weight excluding hydrogens is 476 g/mol. The minimum Gasteiger partial charge on any atom is -0.494 e. The number of benzene rings is 2. The van der Waals surface area contributed by atoms with Crippen molar-refractivity contribution in [1.29, 1.82) is 0 Å². The number of nitrogens with zero attached hydrogens (tertiary/aromatic N) is 4. The first-order valence-electron chi connectivity index (χ1n) is 10.3. The predicted molar refractivity (Wildman–Crippen MR) is 137 cm³/mol. The van der Waals surface area contributed by atoms with Crippen molar-refractivity contribution in [3.05, 3.63) is 102 Å². The molecule has 0 unspecified atom stereocenters. The van der Waals surface area contributed by atoms with E-state index in [1.807, 2.05) is 64.8 Å². The van der Waals surface area contributed by atoms with Crippen LogP contribution in [0.4, 0.5) is 15.8 Å². The fourth-order valence-corrected chi connectivity index (χ4v) is 3.74. The van der Waals surface area contributed by atoms with Gasteiger partial charge >= 0.3 is 0 Å². The Morgan fingerprint density at radius 3 is 2.53 bits per heavy atom. The Morgan fingerprint density at radius 2 is 1.82 bits per heavy atom. The highest BCUT2D eigenvalue weighted by Gasteiger charge is 2.11. The van der Waals surface area contributed by atoms with Crippen molar-refractivity contribution in [2.75, 3.05) is 12.4 Å². The van der Waals surface area contributed by atoms with Crippen molar-refractivity contribution in [1.82, 2.24) is 18.9 Å². The summed E-state index contributed by atoms with van der Waals surface area (Å²) < 4.78 is 22.7. The average molecular weight is 500 g/mol. The number of halogens is 3. The zero-order valence-electron chi connectivity index (χ0n) is 18.6. The van der Waals surface area contributed by atoms with Crippen molar-refractivity contribution < 1.29 is 9.13 Å². The van der Waals surface area contributed by atoms with Crippen LogP contribution in [0.2, 0.25) is 0 Å². The molecule has 0 aliphatic carbocycles. The second kappa shape index (κ2) is 10.6. The first-order valence-corrected chi connectivity index (χ1v) is 10.3. The molecule has 3 aromatic heterocycles. The Balaban J connectivity index is 0.00000162. The number of aryl methyl sites for hydroxylation is 1. The first-order chi connectivity index (χ1) is 15.6. The molecule has 5 rings (SSSR count). The third-order valence-electron chi connectivity index (χ3n) is 5.28. The van der Waals surface area contributed by atoms with Crippen LogP contribution in [0, 0.1) is 12.7 Å². The standard InChI is InChI=1S/C25H22FN5O.2ClH/c1-17-14-31(16-27-17)23-10-9-20(13-24(23)32-2)28-22-4-3-11-30-15-21(29-25(22)30)12-18-5-7-19(26)8-6-18;;/h3-11,13-16,28H,12H2,1-2H3;2*1H. The molecule has 0 aliphatic rings. The number of hydrogen-bond acceptors (Lipinski definition) is 4. The molecule has 0 atom stereocenters. The van der Waals surface area contributed by atoms with Gasteiger partial charge in [-0.05, 0) is 48.9 Å². The Morgan fingerprint density at radius 1 is 1.03 bits per heavy atom. The van der Waals surface area contributed by atoms with Gasteiger partial charge in [0.1, 0.15) is 11.6 Å². The quantitative estimate of drug-likeness (QED) is 0.304. The monoisotopic (exact) mass is 499 g/mol. The van der Waals surface area contributed by atoms with E-state index >= 15 is 0 Å². The summed E-state index contributed by atoms with van der Waals surface area (Å²) >= 11 is 0. The summed E-state index contributed by atoms with van der Waals surface area (Å²) in [4.78, 5) is 9.09. The zero-order valence-corrected chi connectivity index (χ0v) is 20.2. The molecule has 3 heterocycles. The van der Waals surface area contributed by atoms with Crippen molar-refractivity contribution in [3.8, 4) is 11.4 Å². The van der Waals surface area contributed by atoms with Gasteiger partial charge in [-0.2, -0.15) is 0 Å². The third-order valence-corrected chi connectivity index (χ3v) is 5.28. The van der Waals surface area contributed by atoms with Gasteiger partial charge < -0.3 is 19.0 Å². The number of aromatic nitrogens is 4. The molecule has 9 heteroatoms. The molecule has 34 heavy (non-hydrogen) atoms. The number of hydrogen-bond donors (Lipinski definition) is 1. The number of methoxy groups -OCH3 is 1. The maximum absolute atomic E-state index is 13.2. The summed E-state index contributed by atoms with van der Waals surface area (Å²) in [5, 5.41) is 3.45. The Bertz CT molecular complexity index is 1400. The minimum atomic E-state index is -0.236. The summed E-state index contributed by atoms with van der Waals surface area (Å²) in [5.41, 5.74) is 6.37. The van der Waals surface area contributed by atoms with E-state index in [1.54, 1.807) is 25.6 Å². The van der Waals surface area contributed by atoms with Gasteiger partial charge in [0, 0.05) is 36.8 Å². The van der Waals surface area contributed by atoms with Crippen molar-refractivity contribution in [2.45, 2.75) is 13.3 Å². The van der Waals surface area contributed by atoms with Gasteiger partial charge in [-0.25, -0.2) is 14.4 Å². The minimum absolute atomic E-state index is 0. The molecule has 0 radical (unpaired) electrons. The van der Waals surface area contributed by atoms with Gasteiger partial charge in [-0.15, -0.1) is 24.8 Å². The fourth-order valence-electron chi connectivity index (χ4n) is 3.74. The smallest absolute Gasteiger partial charge is 0.160 e. The topological polar surface area (TPSA) is 56.4 Å². The van der Waals surface area contributed by atoms with Crippen LogP contribution in [-0.4, -0.2) is 26.0 Å². The first kappa shape index (κ1) is 25.1. The van der Waals surface area contributed by atoms with Crippen LogP contribution < -0.4 is 10.1 Å². The number of anilines is 2. The van der Waals surface area contributed by atoms with Crippen LogP contribution >= 0.6 is 24.8 Å². The molecule has 0 saturated heterocycles. The zero-order chi connectivity index (χ0) is 22.1. The molecule has 5 aromatic rings. The second-order valence-electron chi connectivity index (χ2n) is 7.62. The lowest BCUT2D eigenvalue weighted by Crippen LogP contribution is -1.99. The van der Waals surface area contributed by atoms with Crippen LogP contribution in [0.15, 0.2) is 79.5 Å². The maximum Gasteiger partial charge on any atom is 0.160 e. The van der Waals surface area contributed by atoms with Crippen LogP contribution in [-0.2, 0) is 6.42 Å². The molecule has 1 N–H and O–H groups in total. The molecule has 0 amide bonds. The van der Waals surface area contributed by atoms with Crippen LogP contribution in [0.3, 0.4) is 0 Å². The second-order valence-corrected chi connectivity index (χ2v) is 7.62. The van der Waals surface area contributed by atoms with Gasteiger partial charge in [-0.1, -0.05) is 12.1 Å². The molecular formula is C25H24Cl2FN5O. The Kier molecular flexibility index (Phi) is 7.81. The Labute approximate surface area is 209 Å². The van der Waals surface area contributed by atoms with Crippen molar-refractivity contribution >= 4 is 41.8 Å². The molecule has 6 nitrogen and oxygen atoms in total. The highest BCUT2D eigenvalue weighted by Crippen LogP contribution is 2.30. The van der Waals surface area contributed by atoms with Gasteiger partial charge in [0.15, 0.2) is 5.65 Å². The lowest BCUT2D eigenvalue weighted by Gasteiger charge is -2.13. The van der Waals surface area contributed by atoms with E-state index in [0.717, 1.165) is 45.4 Å². The van der Waals surface area contributed by atoms with E-state index in [-0.39, 0.29) is 30.6 Å². The predicted octanol–water partition coefficient (Wildman–Crippen LogP) is 6.15. The van der Waals surface area contributed by atoms with E-state index in [1.165, 1.54) is 12.1 Å². The van der Waals surface area contributed by atoms with E-state index in [9.17, 15) is 4.39 Å². The Hall–Kier alpha value is -3.55. The number of fused-ring (bicyclic) bond motifs is 1. The third kappa shape index (κ3) is 5.16. The molecule has 0 bridgehead atoms. The molecule has 0 spiro atoms. The lowest BCUT2D eigenvalue weighted by molar-refractivity contribution is 0.413. The number of imidazole rings is 2. The number of pyridine rings is 1. The summed E-state index contributed by atoms with van der Waals surface area (Å²) in [6.45, 7) is 1.95. The largest absolute Gasteiger partial charge is 0.494 e. The molecule has 0 aliphatic heterocycles. The van der Waals surface area contributed by atoms with Crippen LogP contribution in [0.5, 0.6) is 5.75 Å². The van der Waals surface area contributed by atoms with Crippen molar-refractivity contribution in [3.63, 3.8) is 0 Å². The van der Waals surface area contributed by atoms with E-state index in [0.29, 0.717) is 6.42 Å². The summed E-state index contributed by atoms with van der Waals surface area (Å²) in [6.07, 6.45) is 8.32. The lowest BCUT2D eigenvalue weighted by atomic mass is 10.1. The fraction of sp³-hybridized carbons (Fsp3) is 0.120. The SMILES string of the molecule is COc1cc(Nc2cccn3cc(Cc4ccc(F)cc4)nc23)ccc1-n1cnc(C)c1.Cl.Cl. The van der Waals surface area contributed by atoms with Crippen LogP contribution in [0.25, 0.3) is 11.3 Å². The van der Waals surface area contributed by atoms with Gasteiger partial charge in [0.25, 0.3) is 0 Å². The van der Waals surface area contributed by atoms with Gasteiger partial charge in [0.05, 0.1) is 36.2 Å². The molecule has 2 aromatic carbocycles. The maximum atomic E-state index is 13.2. The van der Waals surface area contributed by atoms with Gasteiger partial charge in [0.2, 0.25) is 0 Å². The molecule has 0 fully saturated rings. The van der Waals surface area contributed by atoms with E-state index in [4.69, 9.17) is 9.72 Å². The number of nitrogens with one attached hydrogen (secondary N) is 1. The average Bonchev–Trinajstić information content (AvgIpc) is 3.41. The van der Waals surface area contributed by atoms with Crippen molar-refractivity contribution in [2.24, 2.45) is 0 Å². The summed E-state index contributed by atoms with van der Waals surface area (Å²) in [5.74, 6) is 0.500. The molecule has 0 saturated carbocycles. The van der Waals surface area contributed by atoms with E-state index in [2.05, 4.69) is 10.3 Å². The molecule has 176 valence electrons. The summed E-state index contributed by atoms with van der Waals surface area (Å²) in [7, 11) is 1.66. The number of ether oxygens (including phenoxy) is 1. The van der Waals surface area contributed by atoms with E-state index < -0.39 is 0 Å². The summed E-state index contributed by atoms with van der Waals surface area (Å²) in [6, 6.07) is 16.4. The normalized spacial score (nSPS) is 10.4. The highest BCUT2D eigenvalue weighted by molar-refractivity contribution is 5.85. The highest BCUT2D eigenvalue weighted by atomic mass is 35.5. The van der Waals surface area contributed by atoms with Crippen LogP contribution in [0.1, 0.15) is 17.0 Å². The number of rotatable bonds is 6.